The molecule has 4 heteroatoms. The van der Waals surface area contributed by atoms with Crippen molar-refractivity contribution in [3.8, 4) is 22.6 Å². The maximum Gasteiger partial charge on any atom is 0.228 e. The van der Waals surface area contributed by atoms with Crippen LogP contribution in [0.3, 0.4) is 0 Å². The highest BCUT2D eigenvalue weighted by atomic mass is 16.3. The zero-order valence-electron chi connectivity index (χ0n) is 24.2. The molecule has 212 valence electrons. The summed E-state index contributed by atoms with van der Waals surface area (Å²) in [5.41, 5.74) is 9.58. The number of anilines is 3. The normalized spacial score (nSPS) is 11.6. The topological polar surface area (TPSA) is 42.4 Å². The Morgan fingerprint density at radius 3 is 2.13 bits per heavy atom. The van der Waals surface area contributed by atoms with E-state index in [0.29, 0.717) is 5.89 Å². The predicted molar refractivity (Wildman–Crippen MR) is 184 cm³/mol. The van der Waals surface area contributed by atoms with E-state index in [1.165, 1.54) is 10.8 Å². The maximum absolute atomic E-state index is 6.52. The summed E-state index contributed by atoms with van der Waals surface area (Å²) in [5, 5.41) is 4.46. The summed E-state index contributed by atoms with van der Waals surface area (Å²) in [5.74, 6) is 0.587. The first-order valence-corrected chi connectivity index (χ1v) is 15.0. The molecule has 7 aromatic carbocycles. The van der Waals surface area contributed by atoms with E-state index in [0.717, 1.165) is 66.8 Å². The molecular formula is C41H26N2O2. The highest BCUT2D eigenvalue weighted by molar-refractivity contribution is 6.12. The zero-order chi connectivity index (χ0) is 29.7. The predicted octanol–water partition coefficient (Wildman–Crippen LogP) is 11.7. The Bertz CT molecular complexity index is 2480. The number of benzene rings is 7. The highest BCUT2D eigenvalue weighted by Gasteiger charge is 2.21. The van der Waals surface area contributed by atoms with E-state index in [1.807, 2.05) is 48.5 Å². The minimum Gasteiger partial charge on any atom is -0.456 e. The minimum atomic E-state index is 0.587. The molecule has 2 heterocycles. The molecule has 9 aromatic rings. The molecule has 0 amide bonds. The summed E-state index contributed by atoms with van der Waals surface area (Å²) in [6.07, 6.45) is 0. The Hall–Kier alpha value is -6.13. The van der Waals surface area contributed by atoms with Crippen LogP contribution < -0.4 is 4.90 Å². The summed E-state index contributed by atoms with van der Waals surface area (Å²) in [4.78, 5) is 7.09. The molecule has 0 radical (unpaired) electrons. The molecular weight excluding hydrogens is 552 g/mol. The third-order valence-corrected chi connectivity index (χ3v) is 8.48. The lowest BCUT2D eigenvalue weighted by molar-refractivity contribution is 0.620. The first-order chi connectivity index (χ1) is 22.3. The number of rotatable bonds is 5. The van der Waals surface area contributed by atoms with Gasteiger partial charge in [0.2, 0.25) is 5.89 Å². The van der Waals surface area contributed by atoms with Crippen LogP contribution >= 0.6 is 0 Å². The molecule has 0 atom stereocenters. The number of fused-ring (bicyclic) bond motifs is 5. The Morgan fingerprint density at radius 2 is 1.22 bits per heavy atom. The molecule has 0 bridgehead atoms. The SMILES string of the molecule is c1ccc(N(c2ccc3c(c2)oc2cccc(-c4nc5ccccc5o4)c23)c2ccccc2-c2ccc3ccccc3c2)cc1. The second kappa shape index (κ2) is 10.2. The number of para-hydroxylation sites is 4. The van der Waals surface area contributed by atoms with Crippen LogP contribution in [0.4, 0.5) is 17.1 Å². The molecule has 2 aromatic heterocycles. The highest BCUT2D eigenvalue weighted by Crippen LogP contribution is 2.44. The largest absolute Gasteiger partial charge is 0.456 e. The van der Waals surface area contributed by atoms with Crippen molar-refractivity contribution in [1.82, 2.24) is 4.98 Å². The molecule has 45 heavy (non-hydrogen) atoms. The average molecular weight is 579 g/mol. The fourth-order valence-corrected chi connectivity index (χ4v) is 6.39. The van der Waals surface area contributed by atoms with E-state index >= 15 is 0 Å². The van der Waals surface area contributed by atoms with Crippen LogP contribution in [0, 0.1) is 0 Å². The second-order valence-corrected chi connectivity index (χ2v) is 11.2. The fraction of sp³-hybridized carbons (Fsp3) is 0. The molecule has 0 aliphatic heterocycles. The van der Waals surface area contributed by atoms with Crippen LogP contribution in [0.15, 0.2) is 167 Å². The first kappa shape index (κ1) is 25.4. The molecule has 0 N–H and O–H groups in total. The standard InChI is InChI=1S/C41H26N2O2/c1-2-13-30(14-3-1)43(36-18-8-6-15-32(36)29-22-21-27-11-4-5-12-28(27)25-29)31-23-24-33-39(26-31)44-38-20-10-16-34(40(33)38)41-42-35-17-7-9-19-37(35)45-41/h1-26H. The summed E-state index contributed by atoms with van der Waals surface area (Å²) in [6.45, 7) is 0. The van der Waals surface area contributed by atoms with Crippen LogP contribution in [-0.2, 0) is 0 Å². The van der Waals surface area contributed by atoms with Gasteiger partial charge in [0.1, 0.15) is 16.7 Å². The summed E-state index contributed by atoms with van der Waals surface area (Å²) in [6, 6.07) is 54.6. The molecule has 0 aliphatic rings. The van der Waals surface area contributed by atoms with E-state index in [2.05, 4.69) is 114 Å². The number of hydrogen-bond acceptors (Lipinski definition) is 4. The lowest BCUT2D eigenvalue weighted by Gasteiger charge is -2.28. The van der Waals surface area contributed by atoms with Gasteiger partial charge >= 0.3 is 0 Å². The van der Waals surface area contributed by atoms with Gasteiger partial charge in [0.05, 0.1) is 5.69 Å². The lowest BCUT2D eigenvalue weighted by Crippen LogP contribution is -2.11. The Balaban J connectivity index is 1.22. The minimum absolute atomic E-state index is 0.587. The fourth-order valence-electron chi connectivity index (χ4n) is 6.39. The van der Waals surface area contributed by atoms with Crippen molar-refractivity contribution in [2.75, 3.05) is 4.90 Å². The summed E-state index contributed by atoms with van der Waals surface area (Å²) < 4.78 is 12.7. The monoisotopic (exact) mass is 578 g/mol. The van der Waals surface area contributed by atoms with Crippen LogP contribution in [0.1, 0.15) is 0 Å². The first-order valence-electron chi connectivity index (χ1n) is 15.0. The van der Waals surface area contributed by atoms with Crippen molar-refractivity contribution >= 4 is 60.9 Å². The number of nitrogens with zero attached hydrogens (tertiary/aromatic N) is 2. The number of furan rings is 1. The van der Waals surface area contributed by atoms with Crippen molar-refractivity contribution in [2.45, 2.75) is 0 Å². The van der Waals surface area contributed by atoms with E-state index in [-0.39, 0.29) is 0 Å². The number of hydrogen-bond donors (Lipinski definition) is 0. The zero-order valence-corrected chi connectivity index (χ0v) is 24.2. The Labute approximate surface area is 259 Å². The summed E-state index contributed by atoms with van der Waals surface area (Å²) >= 11 is 0. The third kappa shape index (κ3) is 4.27. The third-order valence-electron chi connectivity index (χ3n) is 8.48. The van der Waals surface area contributed by atoms with Crippen LogP contribution in [-0.4, -0.2) is 4.98 Å². The van der Waals surface area contributed by atoms with E-state index in [1.54, 1.807) is 0 Å². The van der Waals surface area contributed by atoms with Gasteiger partial charge in [0.25, 0.3) is 0 Å². The van der Waals surface area contributed by atoms with Crippen molar-refractivity contribution in [3.63, 3.8) is 0 Å². The van der Waals surface area contributed by atoms with Gasteiger partial charge in [0, 0.05) is 39.3 Å². The van der Waals surface area contributed by atoms with E-state index < -0.39 is 0 Å². The Kier molecular flexibility index (Phi) is 5.78. The second-order valence-electron chi connectivity index (χ2n) is 11.2. The van der Waals surface area contributed by atoms with E-state index in [4.69, 9.17) is 13.8 Å². The molecule has 4 nitrogen and oxygen atoms in total. The van der Waals surface area contributed by atoms with Crippen LogP contribution in [0.2, 0.25) is 0 Å². The maximum atomic E-state index is 6.52. The van der Waals surface area contributed by atoms with Gasteiger partial charge in [-0.1, -0.05) is 91.0 Å². The molecule has 0 unspecified atom stereocenters. The van der Waals surface area contributed by atoms with E-state index in [9.17, 15) is 0 Å². The van der Waals surface area contributed by atoms with Gasteiger partial charge in [-0.25, -0.2) is 4.98 Å². The van der Waals surface area contributed by atoms with Gasteiger partial charge in [0.15, 0.2) is 5.58 Å². The van der Waals surface area contributed by atoms with Crippen LogP contribution in [0.5, 0.6) is 0 Å². The van der Waals surface area contributed by atoms with Crippen LogP contribution in [0.25, 0.3) is 66.4 Å². The van der Waals surface area contributed by atoms with Gasteiger partial charge in [-0.05, 0) is 77.0 Å². The van der Waals surface area contributed by atoms with Crippen molar-refractivity contribution in [1.29, 1.82) is 0 Å². The molecule has 0 aliphatic carbocycles. The Morgan fingerprint density at radius 1 is 0.467 bits per heavy atom. The molecule has 0 spiro atoms. The molecule has 9 rings (SSSR count). The summed E-state index contributed by atoms with van der Waals surface area (Å²) in [7, 11) is 0. The van der Waals surface area contributed by atoms with Gasteiger partial charge < -0.3 is 13.7 Å². The average Bonchev–Trinajstić information content (AvgIpc) is 3.70. The molecule has 0 saturated heterocycles. The van der Waals surface area contributed by atoms with Crippen molar-refractivity contribution in [3.05, 3.63) is 158 Å². The quantitative estimate of drug-likeness (QED) is 0.204. The van der Waals surface area contributed by atoms with Gasteiger partial charge in [-0.2, -0.15) is 0 Å². The lowest BCUT2D eigenvalue weighted by atomic mass is 9.98. The van der Waals surface area contributed by atoms with Gasteiger partial charge in [-0.3, -0.25) is 0 Å². The van der Waals surface area contributed by atoms with Gasteiger partial charge in [-0.15, -0.1) is 0 Å². The molecule has 0 fully saturated rings. The smallest absolute Gasteiger partial charge is 0.228 e. The number of aromatic nitrogens is 1. The number of oxazole rings is 1. The van der Waals surface area contributed by atoms with Crippen molar-refractivity contribution < 1.29 is 8.83 Å². The molecule has 0 saturated carbocycles. The van der Waals surface area contributed by atoms with Crippen molar-refractivity contribution in [2.24, 2.45) is 0 Å².